The lowest BCUT2D eigenvalue weighted by Gasteiger charge is -2.11. The first kappa shape index (κ1) is 18.6. The summed E-state index contributed by atoms with van der Waals surface area (Å²) >= 11 is 0. The van der Waals surface area contributed by atoms with Crippen molar-refractivity contribution in [3.63, 3.8) is 0 Å². The number of aryl methyl sites for hydroxylation is 1. The standard InChI is InChI=1S/C13H6F5NO5S/c1-5-2-3-6(19(20)21)4-7(5)25(22,23)24-13-11(17)9(15)8(14)10(16)12(13)18/h2-4H,1H3. The minimum atomic E-state index is -5.13. The van der Waals surface area contributed by atoms with E-state index in [1.54, 1.807) is 0 Å². The Kier molecular flexibility index (Phi) is 4.66. The van der Waals surface area contributed by atoms with Crippen LogP contribution in [0.25, 0.3) is 0 Å². The Balaban J connectivity index is 2.62. The Morgan fingerprint density at radius 3 is 1.92 bits per heavy atom. The van der Waals surface area contributed by atoms with Gasteiger partial charge in [0, 0.05) is 12.1 Å². The molecule has 0 amide bonds. The van der Waals surface area contributed by atoms with Crippen LogP contribution in [0.2, 0.25) is 0 Å². The molecular formula is C13H6F5NO5S. The van der Waals surface area contributed by atoms with Gasteiger partial charge in [-0.25, -0.2) is 13.2 Å². The summed E-state index contributed by atoms with van der Waals surface area (Å²) in [6.07, 6.45) is 0. The molecule has 2 rings (SSSR count). The van der Waals surface area contributed by atoms with Gasteiger partial charge in [-0.3, -0.25) is 10.1 Å². The van der Waals surface area contributed by atoms with Crippen molar-refractivity contribution < 1.29 is 39.5 Å². The minimum Gasteiger partial charge on any atom is -0.372 e. The van der Waals surface area contributed by atoms with E-state index in [1.165, 1.54) is 6.92 Å². The number of nitrogens with zero attached hydrogens (tertiary/aromatic N) is 1. The molecule has 0 aliphatic rings. The van der Waals surface area contributed by atoms with Crippen molar-refractivity contribution in [1.82, 2.24) is 0 Å². The van der Waals surface area contributed by atoms with Crippen LogP contribution < -0.4 is 4.18 Å². The molecule has 6 nitrogen and oxygen atoms in total. The highest BCUT2D eigenvalue weighted by Crippen LogP contribution is 2.32. The lowest BCUT2D eigenvalue weighted by Crippen LogP contribution is -2.15. The number of nitro benzene ring substituents is 1. The number of hydrogen-bond acceptors (Lipinski definition) is 5. The summed E-state index contributed by atoms with van der Waals surface area (Å²) in [6, 6.07) is 2.48. The SMILES string of the molecule is Cc1ccc([N+](=O)[O-])cc1S(=O)(=O)Oc1c(F)c(F)c(F)c(F)c1F. The average molecular weight is 383 g/mol. The summed E-state index contributed by atoms with van der Waals surface area (Å²) in [6.45, 7) is 1.18. The summed E-state index contributed by atoms with van der Waals surface area (Å²) in [4.78, 5) is 8.88. The predicted octanol–water partition coefficient (Wildman–Crippen LogP) is 3.37. The number of nitro groups is 1. The second kappa shape index (κ2) is 6.27. The van der Waals surface area contributed by atoms with Crippen molar-refractivity contribution in [1.29, 1.82) is 0 Å². The van der Waals surface area contributed by atoms with Crippen LogP contribution in [0.5, 0.6) is 5.75 Å². The molecule has 0 saturated heterocycles. The van der Waals surface area contributed by atoms with Gasteiger partial charge in [0.25, 0.3) is 5.69 Å². The van der Waals surface area contributed by atoms with Crippen molar-refractivity contribution in [3.8, 4) is 5.75 Å². The monoisotopic (exact) mass is 383 g/mol. The van der Waals surface area contributed by atoms with Gasteiger partial charge >= 0.3 is 10.1 Å². The van der Waals surface area contributed by atoms with Gasteiger partial charge in [-0.05, 0) is 12.5 Å². The molecule has 0 atom stereocenters. The smallest absolute Gasteiger partial charge is 0.339 e. The molecular weight excluding hydrogens is 377 g/mol. The third kappa shape index (κ3) is 3.24. The quantitative estimate of drug-likeness (QED) is 0.202. The number of benzene rings is 2. The van der Waals surface area contributed by atoms with Gasteiger partial charge in [-0.1, -0.05) is 6.07 Å². The van der Waals surface area contributed by atoms with Crippen molar-refractivity contribution >= 4 is 15.8 Å². The van der Waals surface area contributed by atoms with Crippen molar-refractivity contribution in [2.45, 2.75) is 11.8 Å². The molecule has 134 valence electrons. The normalized spacial score (nSPS) is 11.4. The summed E-state index contributed by atoms with van der Waals surface area (Å²) in [7, 11) is -5.13. The topological polar surface area (TPSA) is 86.5 Å². The lowest BCUT2D eigenvalue weighted by atomic mass is 10.2. The van der Waals surface area contributed by atoms with Crippen LogP contribution in [-0.2, 0) is 10.1 Å². The predicted molar refractivity (Wildman–Crippen MR) is 71.9 cm³/mol. The van der Waals surface area contributed by atoms with Crippen LogP contribution in [0.3, 0.4) is 0 Å². The van der Waals surface area contributed by atoms with Crippen molar-refractivity contribution in [2.75, 3.05) is 0 Å². The molecule has 0 saturated carbocycles. The van der Waals surface area contributed by atoms with Crippen LogP contribution in [-0.4, -0.2) is 13.3 Å². The molecule has 0 aliphatic carbocycles. The fourth-order valence-corrected chi connectivity index (χ4v) is 2.97. The Morgan fingerprint density at radius 2 is 1.44 bits per heavy atom. The Morgan fingerprint density at radius 1 is 0.960 bits per heavy atom. The Bertz CT molecular complexity index is 964. The molecule has 25 heavy (non-hydrogen) atoms. The molecule has 0 radical (unpaired) electrons. The zero-order valence-electron chi connectivity index (χ0n) is 12.0. The average Bonchev–Trinajstić information content (AvgIpc) is 2.55. The lowest BCUT2D eigenvalue weighted by molar-refractivity contribution is -0.385. The van der Waals surface area contributed by atoms with Crippen LogP contribution in [0, 0.1) is 46.1 Å². The van der Waals surface area contributed by atoms with Crippen LogP contribution in [0.15, 0.2) is 23.1 Å². The number of rotatable bonds is 4. The van der Waals surface area contributed by atoms with Crippen molar-refractivity contribution in [2.24, 2.45) is 0 Å². The molecule has 0 aliphatic heterocycles. The van der Waals surface area contributed by atoms with Crippen LogP contribution >= 0.6 is 0 Å². The van der Waals surface area contributed by atoms with Gasteiger partial charge in [0.2, 0.25) is 34.8 Å². The first-order chi connectivity index (χ1) is 11.5. The van der Waals surface area contributed by atoms with E-state index in [4.69, 9.17) is 0 Å². The Hall–Kier alpha value is -2.76. The van der Waals surface area contributed by atoms with E-state index >= 15 is 0 Å². The maximum atomic E-state index is 13.5. The molecule has 2 aromatic carbocycles. The van der Waals surface area contributed by atoms with Gasteiger partial charge in [0.05, 0.1) is 4.92 Å². The second-order valence-electron chi connectivity index (χ2n) is 4.64. The van der Waals surface area contributed by atoms with E-state index in [0.717, 1.165) is 12.1 Å². The van der Waals surface area contributed by atoms with Gasteiger partial charge in [0.15, 0.2) is 0 Å². The highest BCUT2D eigenvalue weighted by Gasteiger charge is 2.32. The zero-order valence-corrected chi connectivity index (χ0v) is 12.8. The fourth-order valence-electron chi connectivity index (χ4n) is 1.78. The summed E-state index contributed by atoms with van der Waals surface area (Å²) in [5.41, 5.74) is -0.806. The van der Waals surface area contributed by atoms with E-state index < -0.39 is 60.5 Å². The molecule has 0 heterocycles. The number of halogens is 5. The summed E-state index contributed by atoms with van der Waals surface area (Å²) in [5, 5.41) is 10.7. The fraction of sp³-hybridized carbons (Fsp3) is 0.0769. The van der Waals surface area contributed by atoms with E-state index in [9.17, 15) is 40.5 Å². The first-order valence-corrected chi connectivity index (χ1v) is 7.59. The van der Waals surface area contributed by atoms with Gasteiger partial charge in [-0.2, -0.15) is 17.2 Å². The molecule has 0 unspecified atom stereocenters. The highest BCUT2D eigenvalue weighted by atomic mass is 32.2. The molecule has 2 aromatic rings. The zero-order chi connectivity index (χ0) is 19.1. The molecule has 0 fully saturated rings. The van der Waals surface area contributed by atoms with E-state index in [2.05, 4.69) is 4.18 Å². The third-order valence-electron chi connectivity index (χ3n) is 3.01. The van der Waals surface area contributed by atoms with Crippen LogP contribution in [0.4, 0.5) is 27.6 Å². The largest absolute Gasteiger partial charge is 0.372 e. The molecule has 0 spiro atoms. The third-order valence-corrected chi connectivity index (χ3v) is 4.38. The van der Waals surface area contributed by atoms with Crippen LogP contribution in [0.1, 0.15) is 5.56 Å². The van der Waals surface area contributed by atoms with Gasteiger partial charge in [0.1, 0.15) is 4.90 Å². The van der Waals surface area contributed by atoms with Crippen molar-refractivity contribution in [3.05, 3.63) is 63.0 Å². The van der Waals surface area contributed by atoms with Gasteiger partial charge < -0.3 is 4.18 Å². The first-order valence-electron chi connectivity index (χ1n) is 6.18. The maximum Gasteiger partial charge on any atom is 0.339 e. The van der Waals surface area contributed by atoms with E-state index in [-0.39, 0.29) is 5.56 Å². The minimum absolute atomic E-state index is 0.116. The molecule has 12 heteroatoms. The molecule has 0 aromatic heterocycles. The highest BCUT2D eigenvalue weighted by molar-refractivity contribution is 7.87. The summed E-state index contributed by atoms with van der Waals surface area (Å²) < 4.78 is 94.5. The summed E-state index contributed by atoms with van der Waals surface area (Å²) in [5.74, 6) is -14.3. The molecule has 0 bridgehead atoms. The Labute approximate surface area is 136 Å². The number of hydrogen-bond donors (Lipinski definition) is 0. The maximum absolute atomic E-state index is 13.5. The van der Waals surface area contributed by atoms with E-state index in [1.807, 2.05) is 0 Å². The number of non-ortho nitro benzene ring substituents is 1. The molecule has 0 N–H and O–H groups in total. The van der Waals surface area contributed by atoms with E-state index in [0.29, 0.717) is 6.07 Å². The second-order valence-corrected chi connectivity index (χ2v) is 6.16. The van der Waals surface area contributed by atoms with Gasteiger partial charge in [-0.15, -0.1) is 0 Å².